The van der Waals surface area contributed by atoms with Gasteiger partial charge in [-0.3, -0.25) is 4.72 Å². The number of rotatable bonds is 8. The summed E-state index contributed by atoms with van der Waals surface area (Å²) in [6.07, 6.45) is 0. The highest BCUT2D eigenvalue weighted by atomic mass is 35.5. The molecule has 0 aliphatic rings. The molecule has 8 nitrogen and oxygen atoms in total. The second-order valence-corrected chi connectivity index (χ2v) is 9.89. The molecular formula is C22H20ClN3O5S2. The van der Waals surface area contributed by atoms with Gasteiger partial charge in [0.2, 0.25) is 5.82 Å². The van der Waals surface area contributed by atoms with Crippen LogP contribution in [0, 0.1) is 6.92 Å². The van der Waals surface area contributed by atoms with Gasteiger partial charge in [-0.05, 0) is 53.8 Å². The third-order valence-corrected chi connectivity index (χ3v) is 7.51. The van der Waals surface area contributed by atoms with E-state index in [1.54, 1.807) is 51.5 Å². The van der Waals surface area contributed by atoms with E-state index in [1.165, 1.54) is 17.4 Å². The number of thiophene rings is 1. The van der Waals surface area contributed by atoms with Crippen molar-refractivity contribution in [2.24, 2.45) is 0 Å². The third-order valence-electron chi connectivity index (χ3n) is 4.82. The summed E-state index contributed by atoms with van der Waals surface area (Å²) in [6.45, 7) is 1.75. The number of nitrogens with one attached hydrogen (secondary N) is 1. The average molecular weight is 506 g/mol. The molecule has 1 N–H and O–H groups in total. The number of hydrogen-bond donors (Lipinski definition) is 1. The second-order valence-electron chi connectivity index (χ2n) is 6.93. The number of anilines is 1. The molecule has 2 aromatic carbocycles. The Morgan fingerprint density at radius 1 is 1.06 bits per heavy atom. The Balaban J connectivity index is 1.67. The zero-order valence-electron chi connectivity index (χ0n) is 18.0. The molecule has 0 bridgehead atoms. The Labute approximate surface area is 200 Å². The normalized spacial score (nSPS) is 11.4. The number of aromatic nitrogens is 2. The first kappa shape index (κ1) is 23.1. The van der Waals surface area contributed by atoms with E-state index in [9.17, 15) is 8.42 Å². The van der Waals surface area contributed by atoms with Crippen molar-refractivity contribution in [2.45, 2.75) is 18.4 Å². The maximum atomic E-state index is 13.1. The number of hydrogen-bond acceptors (Lipinski definition) is 8. The van der Waals surface area contributed by atoms with Crippen molar-refractivity contribution >= 4 is 49.1 Å². The van der Waals surface area contributed by atoms with Crippen LogP contribution in [0.1, 0.15) is 11.1 Å². The van der Waals surface area contributed by atoms with Crippen molar-refractivity contribution in [3.05, 3.63) is 64.0 Å². The molecule has 4 rings (SSSR count). The standard InChI is InChI=1S/C22H20ClN3O5S2/c1-13-15(23)5-4-6-19(13)33(27,28)26-20-21(25-22-16(24-20)9-10-32-22)31-12-14-7-8-17(29-2)18(11-14)30-3/h4-11H,12H2,1-3H3,(H,24,26). The Morgan fingerprint density at radius 3 is 2.61 bits per heavy atom. The number of benzene rings is 2. The monoisotopic (exact) mass is 505 g/mol. The first-order chi connectivity index (χ1) is 15.8. The molecule has 0 saturated carbocycles. The van der Waals surface area contributed by atoms with Gasteiger partial charge >= 0.3 is 0 Å². The van der Waals surface area contributed by atoms with Crippen LogP contribution in [0.2, 0.25) is 5.02 Å². The van der Waals surface area contributed by atoms with Gasteiger partial charge in [-0.2, -0.15) is 4.98 Å². The highest BCUT2D eigenvalue weighted by Gasteiger charge is 2.22. The molecule has 0 aliphatic heterocycles. The van der Waals surface area contributed by atoms with Crippen molar-refractivity contribution in [1.82, 2.24) is 9.97 Å². The van der Waals surface area contributed by atoms with Crippen LogP contribution in [0.25, 0.3) is 10.3 Å². The van der Waals surface area contributed by atoms with E-state index in [2.05, 4.69) is 14.7 Å². The van der Waals surface area contributed by atoms with Crippen molar-refractivity contribution in [2.75, 3.05) is 18.9 Å². The Morgan fingerprint density at radius 2 is 1.85 bits per heavy atom. The molecule has 172 valence electrons. The number of ether oxygens (including phenoxy) is 3. The van der Waals surface area contributed by atoms with Gasteiger partial charge in [0, 0.05) is 5.02 Å². The minimum Gasteiger partial charge on any atom is -0.493 e. The van der Waals surface area contributed by atoms with Gasteiger partial charge in [-0.1, -0.05) is 23.7 Å². The highest BCUT2D eigenvalue weighted by Crippen LogP contribution is 2.32. The lowest BCUT2D eigenvalue weighted by molar-refractivity contribution is 0.294. The number of fused-ring (bicyclic) bond motifs is 1. The summed E-state index contributed by atoms with van der Waals surface area (Å²) in [5, 5.41) is 2.17. The van der Waals surface area contributed by atoms with Gasteiger partial charge in [-0.15, -0.1) is 11.3 Å². The van der Waals surface area contributed by atoms with Crippen molar-refractivity contribution in [1.29, 1.82) is 0 Å². The van der Waals surface area contributed by atoms with Gasteiger partial charge in [0.05, 0.1) is 19.1 Å². The van der Waals surface area contributed by atoms with Crippen molar-refractivity contribution < 1.29 is 22.6 Å². The van der Waals surface area contributed by atoms with E-state index in [4.69, 9.17) is 25.8 Å². The van der Waals surface area contributed by atoms with E-state index in [-0.39, 0.29) is 23.2 Å². The van der Waals surface area contributed by atoms with E-state index in [0.29, 0.717) is 32.4 Å². The largest absolute Gasteiger partial charge is 0.493 e. The molecule has 0 aliphatic carbocycles. The van der Waals surface area contributed by atoms with Crippen LogP contribution in [0.4, 0.5) is 5.82 Å². The molecule has 0 radical (unpaired) electrons. The summed E-state index contributed by atoms with van der Waals surface area (Å²) in [6, 6.07) is 11.8. The molecule has 0 saturated heterocycles. The van der Waals surface area contributed by atoms with Gasteiger partial charge in [0.15, 0.2) is 11.5 Å². The first-order valence-corrected chi connectivity index (χ1v) is 12.4. The molecule has 0 unspecified atom stereocenters. The predicted octanol–water partition coefficient (Wildman–Crippen LogP) is 5.05. The summed E-state index contributed by atoms with van der Waals surface area (Å²) in [5.41, 5.74) is 1.77. The Bertz CT molecular complexity index is 1420. The molecule has 0 atom stereocenters. The first-order valence-electron chi connectivity index (χ1n) is 9.69. The summed E-state index contributed by atoms with van der Waals surface area (Å²) < 4.78 is 45.2. The zero-order chi connectivity index (χ0) is 23.6. The maximum absolute atomic E-state index is 13.1. The smallest absolute Gasteiger partial charge is 0.263 e. The average Bonchev–Trinajstić information content (AvgIpc) is 3.25. The molecule has 0 spiro atoms. The number of nitrogens with zero attached hydrogens (tertiary/aromatic N) is 2. The zero-order valence-corrected chi connectivity index (χ0v) is 20.3. The highest BCUT2D eigenvalue weighted by molar-refractivity contribution is 7.92. The Hall–Kier alpha value is -3.08. The fourth-order valence-electron chi connectivity index (χ4n) is 3.13. The van der Waals surface area contributed by atoms with Crippen LogP contribution in [0.3, 0.4) is 0 Å². The van der Waals surface area contributed by atoms with Crippen molar-refractivity contribution in [3.8, 4) is 17.4 Å². The van der Waals surface area contributed by atoms with Crippen LogP contribution in [0.5, 0.6) is 17.4 Å². The Kier molecular flexibility index (Phi) is 6.59. The molecule has 4 aromatic rings. The topological polar surface area (TPSA) is 99.6 Å². The second kappa shape index (κ2) is 9.42. The van der Waals surface area contributed by atoms with Crippen LogP contribution < -0.4 is 18.9 Å². The third kappa shape index (κ3) is 4.82. The fourth-order valence-corrected chi connectivity index (χ4v) is 5.32. The minimum absolute atomic E-state index is 0.0132. The summed E-state index contributed by atoms with van der Waals surface area (Å²) in [4.78, 5) is 9.57. The van der Waals surface area contributed by atoms with Crippen LogP contribution in [-0.2, 0) is 16.6 Å². The number of sulfonamides is 1. The van der Waals surface area contributed by atoms with Gasteiger partial charge in [0.25, 0.3) is 15.9 Å². The molecule has 0 fully saturated rings. The lowest BCUT2D eigenvalue weighted by Gasteiger charge is -2.14. The summed E-state index contributed by atoms with van der Waals surface area (Å²) in [7, 11) is -0.893. The molecule has 2 heterocycles. The van der Waals surface area contributed by atoms with Crippen LogP contribution >= 0.6 is 22.9 Å². The molecular weight excluding hydrogens is 486 g/mol. The van der Waals surface area contributed by atoms with E-state index in [1.807, 2.05) is 11.4 Å². The summed E-state index contributed by atoms with van der Waals surface area (Å²) in [5.74, 6) is 1.19. The maximum Gasteiger partial charge on any atom is 0.263 e. The molecule has 0 amide bonds. The van der Waals surface area contributed by atoms with Gasteiger partial charge in [-0.25, -0.2) is 13.4 Å². The minimum atomic E-state index is -3.99. The number of halogens is 1. The SMILES string of the molecule is COc1ccc(COc2nc3sccc3nc2NS(=O)(=O)c2cccc(Cl)c2C)cc1OC. The van der Waals surface area contributed by atoms with E-state index < -0.39 is 10.0 Å². The van der Waals surface area contributed by atoms with Gasteiger partial charge in [0.1, 0.15) is 17.0 Å². The molecule has 11 heteroatoms. The lowest BCUT2D eigenvalue weighted by Crippen LogP contribution is -2.16. The molecule has 2 aromatic heterocycles. The van der Waals surface area contributed by atoms with Gasteiger partial charge < -0.3 is 14.2 Å². The fraction of sp³-hybridized carbons (Fsp3) is 0.182. The predicted molar refractivity (Wildman–Crippen MR) is 128 cm³/mol. The van der Waals surface area contributed by atoms with Crippen LogP contribution in [-0.4, -0.2) is 32.6 Å². The van der Waals surface area contributed by atoms with Crippen LogP contribution in [0.15, 0.2) is 52.7 Å². The van der Waals surface area contributed by atoms with E-state index >= 15 is 0 Å². The van der Waals surface area contributed by atoms with Crippen molar-refractivity contribution in [3.63, 3.8) is 0 Å². The van der Waals surface area contributed by atoms with E-state index in [0.717, 1.165) is 5.56 Å². The quantitative estimate of drug-likeness (QED) is 0.357. The summed E-state index contributed by atoms with van der Waals surface area (Å²) >= 11 is 7.50. The number of methoxy groups -OCH3 is 2. The lowest BCUT2D eigenvalue weighted by atomic mass is 10.2. The molecule has 33 heavy (non-hydrogen) atoms.